The van der Waals surface area contributed by atoms with Crippen LogP contribution in [0, 0.1) is 12.8 Å². The van der Waals surface area contributed by atoms with Crippen LogP contribution >= 0.6 is 0 Å². The fourth-order valence-corrected chi connectivity index (χ4v) is 2.59. The maximum Gasteiger partial charge on any atom is 0.422 e. The topological polar surface area (TPSA) is 78.9 Å². The quantitative estimate of drug-likeness (QED) is 0.864. The highest BCUT2D eigenvalue weighted by atomic mass is 19.4. The van der Waals surface area contributed by atoms with Crippen molar-refractivity contribution >= 4 is 17.7 Å². The number of urea groups is 1. The summed E-state index contributed by atoms with van der Waals surface area (Å²) in [6.45, 7) is 0.768. The number of aliphatic carboxylic acids is 1. The van der Waals surface area contributed by atoms with Crippen molar-refractivity contribution in [2.24, 2.45) is 5.92 Å². The zero-order valence-corrected chi connectivity index (χ0v) is 13.6. The van der Waals surface area contributed by atoms with Crippen LogP contribution in [0.25, 0.3) is 0 Å². The number of hydrogen-bond donors (Lipinski definition) is 2. The van der Waals surface area contributed by atoms with Gasteiger partial charge >= 0.3 is 18.2 Å². The number of hydrogen-bond acceptors (Lipinski definition) is 3. The Morgan fingerprint density at radius 2 is 1.96 bits per heavy atom. The number of benzene rings is 1. The summed E-state index contributed by atoms with van der Waals surface area (Å²) < 4.78 is 41.6. The van der Waals surface area contributed by atoms with Crippen molar-refractivity contribution in [2.75, 3.05) is 25.0 Å². The number of anilines is 1. The first-order valence-electron chi connectivity index (χ1n) is 7.75. The zero-order chi connectivity index (χ0) is 18.6. The molecule has 1 saturated heterocycles. The molecule has 2 rings (SSSR count). The highest BCUT2D eigenvalue weighted by Crippen LogP contribution is 2.28. The van der Waals surface area contributed by atoms with Gasteiger partial charge in [0.05, 0.1) is 5.92 Å². The van der Waals surface area contributed by atoms with Gasteiger partial charge in [0.25, 0.3) is 0 Å². The molecule has 0 aromatic heterocycles. The van der Waals surface area contributed by atoms with Crippen LogP contribution in [0.1, 0.15) is 18.4 Å². The number of carboxylic acids is 1. The van der Waals surface area contributed by atoms with E-state index in [0.717, 1.165) is 0 Å². The third-order valence-corrected chi connectivity index (χ3v) is 4.05. The Morgan fingerprint density at radius 1 is 1.32 bits per heavy atom. The Morgan fingerprint density at radius 3 is 2.52 bits per heavy atom. The molecule has 0 unspecified atom stereocenters. The number of ether oxygens (including phenoxy) is 1. The molecule has 1 aliphatic heterocycles. The number of piperidine rings is 1. The number of carboxylic acid groups (broad SMARTS) is 1. The standard InChI is InChI=1S/C16H19F3N2O4/c1-10-12(3-2-4-13(10)25-9-16(17,18)19)20-15(24)21-7-5-11(6-8-21)14(22)23/h2-4,11H,5-9H2,1H3,(H,20,24)(H,22,23). The predicted molar refractivity (Wildman–Crippen MR) is 83.7 cm³/mol. The van der Waals surface area contributed by atoms with E-state index in [1.54, 1.807) is 13.0 Å². The third kappa shape index (κ3) is 5.27. The molecule has 1 aliphatic rings. The zero-order valence-electron chi connectivity index (χ0n) is 13.6. The molecule has 0 saturated carbocycles. The van der Waals surface area contributed by atoms with Gasteiger partial charge in [0.15, 0.2) is 6.61 Å². The summed E-state index contributed by atoms with van der Waals surface area (Å²) in [5.74, 6) is -1.28. The molecule has 1 aromatic rings. The minimum atomic E-state index is -4.44. The molecule has 25 heavy (non-hydrogen) atoms. The molecule has 0 bridgehead atoms. The SMILES string of the molecule is Cc1c(NC(=O)N2CCC(C(=O)O)CC2)cccc1OCC(F)(F)F. The van der Waals surface area contributed by atoms with Gasteiger partial charge in [-0.25, -0.2) is 4.79 Å². The van der Waals surface area contributed by atoms with Gasteiger partial charge in [0, 0.05) is 24.3 Å². The average molecular weight is 360 g/mol. The normalized spacial score (nSPS) is 15.8. The lowest BCUT2D eigenvalue weighted by atomic mass is 9.97. The summed E-state index contributed by atoms with van der Waals surface area (Å²) in [5.41, 5.74) is 0.741. The first-order chi connectivity index (χ1) is 11.7. The van der Waals surface area contributed by atoms with E-state index in [2.05, 4.69) is 5.32 Å². The number of nitrogens with one attached hydrogen (secondary N) is 1. The highest BCUT2D eigenvalue weighted by Gasteiger charge is 2.29. The molecular formula is C16H19F3N2O4. The molecule has 2 N–H and O–H groups in total. The molecule has 0 aliphatic carbocycles. The Hall–Kier alpha value is -2.45. The van der Waals surface area contributed by atoms with Gasteiger partial charge in [0.2, 0.25) is 0 Å². The van der Waals surface area contributed by atoms with Crippen LogP contribution in [0.3, 0.4) is 0 Å². The van der Waals surface area contributed by atoms with Crippen molar-refractivity contribution in [1.29, 1.82) is 0 Å². The van der Waals surface area contributed by atoms with E-state index in [-0.39, 0.29) is 5.75 Å². The number of likely N-dealkylation sites (tertiary alicyclic amines) is 1. The van der Waals surface area contributed by atoms with E-state index < -0.39 is 30.7 Å². The fourth-order valence-electron chi connectivity index (χ4n) is 2.59. The van der Waals surface area contributed by atoms with E-state index >= 15 is 0 Å². The number of amides is 2. The summed E-state index contributed by atoms with van der Waals surface area (Å²) in [6.07, 6.45) is -3.70. The highest BCUT2D eigenvalue weighted by molar-refractivity contribution is 5.90. The number of rotatable bonds is 4. The van der Waals surface area contributed by atoms with Crippen LogP contribution in [-0.2, 0) is 4.79 Å². The van der Waals surface area contributed by atoms with Crippen molar-refractivity contribution in [3.05, 3.63) is 23.8 Å². The number of carbonyl (C=O) groups excluding carboxylic acids is 1. The lowest BCUT2D eigenvalue weighted by Crippen LogP contribution is -2.42. The Bertz CT molecular complexity index is 641. The van der Waals surface area contributed by atoms with E-state index in [1.165, 1.54) is 17.0 Å². The van der Waals surface area contributed by atoms with Crippen LogP contribution in [0.4, 0.5) is 23.7 Å². The van der Waals surface area contributed by atoms with E-state index in [9.17, 15) is 22.8 Å². The predicted octanol–water partition coefficient (Wildman–Crippen LogP) is 3.26. The maximum atomic E-state index is 12.3. The molecule has 6 nitrogen and oxygen atoms in total. The van der Waals surface area contributed by atoms with Gasteiger partial charge in [0.1, 0.15) is 5.75 Å². The van der Waals surface area contributed by atoms with E-state index in [4.69, 9.17) is 9.84 Å². The van der Waals surface area contributed by atoms with Crippen LogP contribution in [0.2, 0.25) is 0 Å². The minimum absolute atomic E-state index is 0.0414. The van der Waals surface area contributed by atoms with Crippen LogP contribution in [-0.4, -0.2) is 47.9 Å². The molecule has 0 atom stereocenters. The van der Waals surface area contributed by atoms with Gasteiger partial charge in [-0.15, -0.1) is 0 Å². The molecule has 9 heteroatoms. The Labute approximate surface area is 142 Å². The van der Waals surface area contributed by atoms with Crippen LogP contribution in [0.15, 0.2) is 18.2 Å². The number of nitrogens with zero attached hydrogens (tertiary/aromatic N) is 1. The largest absolute Gasteiger partial charge is 0.484 e. The molecule has 2 amide bonds. The lowest BCUT2D eigenvalue weighted by molar-refractivity contribution is -0.153. The lowest BCUT2D eigenvalue weighted by Gasteiger charge is -2.30. The van der Waals surface area contributed by atoms with Crippen molar-refractivity contribution in [1.82, 2.24) is 4.90 Å². The number of halogens is 3. The molecule has 1 heterocycles. The summed E-state index contributed by atoms with van der Waals surface area (Å²) in [5, 5.41) is 11.6. The number of alkyl halides is 3. The number of carbonyl (C=O) groups is 2. The van der Waals surface area contributed by atoms with Gasteiger partial charge in [-0.3, -0.25) is 4.79 Å². The average Bonchev–Trinajstić information content (AvgIpc) is 2.55. The smallest absolute Gasteiger partial charge is 0.422 e. The van der Waals surface area contributed by atoms with Gasteiger partial charge in [-0.05, 0) is 31.9 Å². The van der Waals surface area contributed by atoms with E-state index in [1.807, 2.05) is 0 Å². The maximum absolute atomic E-state index is 12.3. The van der Waals surface area contributed by atoms with Crippen molar-refractivity contribution in [3.63, 3.8) is 0 Å². The van der Waals surface area contributed by atoms with E-state index in [0.29, 0.717) is 37.2 Å². The monoisotopic (exact) mass is 360 g/mol. The second kappa shape index (κ2) is 7.62. The molecule has 0 radical (unpaired) electrons. The summed E-state index contributed by atoms with van der Waals surface area (Å²) in [4.78, 5) is 24.7. The molecule has 138 valence electrons. The Kier molecular flexibility index (Phi) is 5.76. The summed E-state index contributed by atoms with van der Waals surface area (Å²) in [7, 11) is 0. The second-order valence-corrected chi connectivity index (χ2v) is 5.86. The summed E-state index contributed by atoms with van der Waals surface area (Å²) >= 11 is 0. The van der Waals surface area contributed by atoms with Crippen molar-refractivity contribution in [2.45, 2.75) is 25.9 Å². The molecular weight excluding hydrogens is 341 g/mol. The molecule has 1 fully saturated rings. The van der Waals surface area contributed by atoms with Gasteiger partial charge in [-0.1, -0.05) is 6.07 Å². The molecule has 0 spiro atoms. The third-order valence-electron chi connectivity index (χ3n) is 4.05. The van der Waals surface area contributed by atoms with Crippen molar-refractivity contribution in [3.8, 4) is 5.75 Å². The molecule has 1 aromatic carbocycles. The van der Waals surface area contributed by atoms with Gasteiger partial charge in [-0.2, -0.15) is 13.2 Å². The second-order valence-electron chi connectivity index (χ2n) is 5.86. The van der Waals surface area contributed by atoms with Crippen LogP contribution in [0.5, 0.6) is 5.75 Å². The Balaban J connectivity index is 1.98. The first kappa shape index (κ1) is 18.9. The fraction of sp³-hybridized carbons (Fsp3) is 0.500. The van der Waals surface area contributed by atoms with Crippen LogP contribution < -0.4 is 10.1 Å². The minimum Gasteiger partial charge on any atom is -0.484 e. The summed E-state index contributed by atoms with van der Waals surface area (Å²) in [6, 6.07) is 4.04. The van der Waals surface area contributed by atoms with Gasteiger partial charge < -0.3 is 20.1 Å². The van der Waals surface area contributed by atoms with Crippen molar-refractivity contribution < 1.29 is 32.6 Å². The first-order valence-corrected chi connectivity index (χ1v) is 7.75.